The van der Waals surface area contributed by atoms with Crippen LogP contribution in [0.3, 0.4) is 0 Å². The topological polar surface area (TPSA) is 18.5 Å². The molecule has 0 radical (unpaired) electrons. The van der Waals surface area contributed by atoms with Crippen LogP contribution in [-0.2, 0) is 6.16 Å². The molecule has 0 bridgehead atoms. The van der Waals surface area contributed by atoms with Crippen LogP contribution in [0.4, 0.5) is 0 Å². The Labute approximate surface area is 289 Å². The predicted octanol–water partition coefficient (Wildman–Crippen LogP) is 8.97. The summed E-state index contributed by atoms with van der Waals surface area (Å²) in [6.07, 6.45) is 0.755. The van der Waals surface area contributed by atoms with E-state index in [1.54, 1.807) is 7.11 Å². The van der Waals surface area contributed by atoms with Crippen molar-refractivity contribution in [1.29, 1.82) is 0 Å². The quantitative estimate of drug-likeness (QED) is 0.104. The normalized spacial score (nSPS) is 12.9. The van der Waals surface area contributed by atoms with Gasteiger partial charge in [-0.25, -0.2) is 0 Å². The van der Waals surface area contributed by atoms with E-state index in [4.69, 9.17) is 9.16 Å². The monoisotopic (exact) mass is 716 g/mol. The number of hydrogen-bond acceptors (Lipinski definition) is 2. The Hall–Kier alpha value is -3.95. The summed E-state index contributed by atoms with van der Waals surface area (Å²) in [7, 11) is -1.18. The third-order valence-corrected chi connectivity index (χ3v) is 23.7. The van der Waals surface area contributed by atoms with E-state index in [1.807, 2.05) is 0 Å². The Morgan fingerprint density at radius 1 is 0.532 bits per heavy atom. The van der Waals surface area contributed by atoms with Gasteiger partial charge in [0, 0.05) is 0 Å². The zero-order chi connectivity index (χ0) is 33.0. The molecule has 0 atom stereocenters. The molecule has 6 aromatic carbocycles. The second kappa shape index (κ2) is 13.3. The van der Waals surface area contributed by atoms with Crippen LogP contribution in [0.5, 0.6) is 11.5 Å². The first-order valence-corrected chi connectivity index (χ1v) is 22.4. The Morgan fingerprint density at radius 3 is 1.28 bits per heavy atom. The van der Waals surface area contributed by atoms with Gasteiger partial charge in [-0.05, 0) is 0 Å². The molecule has 5 heteroatoms. The molecule has 0 aromatic heterocycles. The molecule has 0 heterocycles. The Bertz CT molecular complexity index is 1770. The standard InChI is InChI=1S/C42H42BrO2PSi/c1-42(2,3)47(38-26-16-8-17-27-38,39-28-18-9-19-29-39)45-41-32-34(30-31-40(41)44-4)33-46(43,35-20-10-5-11-21-35,36-22-12-6-13-23-36)37-24-14-7-15-25-37/h5-32H,33H2,1-4H3. The number of halogens is 1. The Morgan fingerprint density at radius 2 is 0.915 bits per heavy atom. The molecule has 0 aliphatic carbocycles. The van der Waals surface area contributed by atoms with Gasteiger partial charge < -0.3 is 0 Å². The average molecular weight is 718 g/mol. The van der Waals surface area contributed by atoms with Crippen molar-refractivity contribution >= 4 is 55.4 Å². The maximum atomic E-state index is 7.58. The molecule has 0 saturated carbocycles. The first kappa shape index (κ1) is 33.0. The van der Waals surface area contributed by atoms with E-state index in [-0.39, 0.29) is 5.04 Å². The Balaban J connectivity index is 1.59. The molecule has 238 valence electrons. The molecule has 6 rings (SSSR count). The molecule has 0 amide bonds. The maximum absolute atomic E-state index is 7.58. The predicted molar refractivity (Wildman–Crippen MR) is 209 cm³/mol. The van der Waals surface area contributed by atoms with Crippen molar-refractivity contribution in [3.8, 4) is 11.5 Å². The van der Waals surface area contributed by atoms with Gasteiger partial charge >= 0.3 is 291 Å². The van der Waals surface area contributed by atoms with E-state index in [0.29, 0.717) is 0 Å². The molecule has 47 heavy (non-hydrogen) atoms. The molecule has 0 unspecified atom stereocenters. The van der Waals surface area contributed by atoms with Crippen LogP contribution in [0.1, 0.15) is 26.3 Å². The molecule has 0 spiro atoms. The summed E-state index contributed by atoms with van der Waals surface area (Å²) in [5.41, 5.74) is 1.17. The van der Waals surface area contributed by atoms with E-state index in [2.05, 4.69) is 206 Å². The van der Waals surface area contributed by atoms with E-state index >= 15 is 0 Å². The van der Waals surface area contributed by atoms with Gasteiger partial charge in [0.15, 0.2) is 0 Å². The summed E-state index contributed by atoms with van der Waals surface area (Å²) in [5.74, 6) is 1.50. The van der Waals surface area contributed by atoms with Gasteiger partial charge in [-0.15, -0.1) is 0 Å². The van der Waals surface area contributed by atoms with Crippen molar-refractivity contribution in [3.05, 3.63) is 175 Å². The third kappa shape index (κ3) is 5.88. The summed E-state index contributed by atoms with van der Waals surface area (Å²) in [6.45, 7) is 6.92. The van der Waals surface area contributed by atoms with E-state index < -0.39 is 13.6 Å². The van der Waals surface area contributed by atoms with Crippen LogP contribution < -0.4 is 35.4 Å². The van der Waals surface area contributed by atoms with Crippen molar-refractivity contribution in [3.63, 3.8) is 0 Å². The van der Waals surface area contributed by atoms with Gasteiger partial charge in [0.1, 0.15) is 0 Å². The van der Waals surface area contributed by atoms with Crippen molar-refractivity contribution in [2.45, 2.75) is 32.0 Å². The molecule has 0 aliphatic heterocycles. The van der Waals surface area contributed by atoms with Crippen LogP contribution >= 0.6 is 20.8 Å². The number of benzene rings is 6. The van der Waals surface area contributed by atoms with Crippen LogP contribution in [0.25, 0.3) is 0 Å². The summed E-state index contributed by atoms with van der Waals surface area (Å²) < 4.78 is 13.6. The summed E-state index contributed by atoms with van der Waals surface area (Å²) in [6, 6.07) is 60.9. The van der Waals surface area contributed by atoms with Gasteiger partial charge in [0.25, 0.3) is 0 Å². The summed E-state index contributed by atoms with van der Waals surface area (Å²) >= 11 is 4.65. The Kier molecular flexibility index (Phi) is 9.31. The second-order valence-corrected chi connectivity index (χ2v) is 26.2. The fourth-order valence-electron chi connectivity index (χ4n) is 6.99. The molecule has 0 fully saturated rings. The number of ether oxygens (including phenoxy) is 1. The molecule has 6 aromatic rings. The average Bonchev–Trinajstić information content (AvgIpc) is 3.12. The fraction of sp³-hybridized carbons (Fsp3) is 0.143. The van der Waals surface area contributed by atoms with Crippen molar-refractivity contribution in [1.82, 2.24) is 0 Å². The number of rotatable bonds is 10. The summed E-state index contributed by atoms with van der Waals surface area (Å²) in [4.78, 5) is 0. The van der Waals surface area contributed by atoms with Crippen LogP contribution in [0.2, 0.25) is 5.04 Å². The van der Waals surface area contributed by atoms with Crippen molar-refractivity contribution in [2.24, 2.45) is 0 Å². The molecular weight excluding hydrogens is 675 g/mol. The van der Waals surface area contributed by atoms with Gasteiger partial charge in [-0.1, -0.05) is 0 Å². The van der Waals surface area contributed by atoms with Crippen molar-refractivity contribution < 1.29 is 9.16 Å². The zero-order valence-electron chi connectivity index (χ0n) is 27.5. The van der Waals surface area contributed by atoms with Crippen LogP contribution in [0, 0.1) is 0 Å². The van der Waals surface area contributed by atoms with Gasteiger partial charge in [-0.2, -0.15) is 0 Å². The molecule has 0 N–H and O–H groups in total. The van der Waals surface area contributed by atoms with Gasteiger partial charge in [0.05, 0.1) is 0 Å². The summed E-state index contributed by atoms with van der Waals surface area (Å²) in [5, 5.41) is 2.86. The minimum atomic E-state index is -3.24. The SMILES string of the molecule is COc1ccc(CP(Br)(c2ccccc2)(c2ccccc2)c2ccccc2)cc1O[Si](c1ccccc1)(c1ccccc1)C(C)(C)C. The van der Waals surface area contributed by atoms with E-state index in [0.717, 1.165) is 17.7 Å². The van der Waals surface area contributed by atoms with E-state index in [9.17, 15) is 0 Å². The third-order valence-electron chi connectivity index (χ3n) is 9.27. The fourth-order valence-corrected chi connectivity index (χ4v) is 19.1. The molecule has 0 saturated heterocycles. The van der Waals surface area contributed by atoms with Gasteiger partial charge in [0.2, 0.25) is 0 Å². The number of methoxy groups -OCH3 is 1. The molecule has 2 nitrogen and oxygen atoms in total. The minimum absolute atomic E-state index is 0.191. The zero-order valence-corrected chi connectivity index (χ0v) is 31.0. The van der Waals surface area contributed by atoms with Crippen LogP contribution in [0.15, 0.2) is 170 Å². The second-order valence-electron chi connectivity index (χ2n) is 13.1. The first-order chi connectivity index (χ1) is 22.7. The molecular formula is C42H42BrO2PSi. The van der Waals surface area contributed by atoms with Gasteiger partial charge in [-0.3, -0.25) is 0 Å². The number of hydrogen-bond donors (Lipinski definition) is 0. The van der Waals surface area contributed by atoms with Crippen molar-refractivity contribution in [2.75, 3.05) is 7.11 Å². The molecule has 0 aliphatic rings. The first-order valence-electron chi connectivity index (χ1n) is 16.1. The van der Waals surface area contributed by atoms with Crippen LogP contribution in [-0.4, -0.2) is 15.4 Å². The van der Waals surface area contributed by atoms with E-state index in [1.165, 1.54) is 31.9 Å².